The van der Waals surface area contributed by atoms with Gasteiger partial charge in [0, 0.05) is 45.1 Å². The zero-order chi connectivity index (χ0) is 21.4. The molecule has 0 spiro atoms. The zero-order valence-corrected chi connectivity index (χ0v) is 18.3. The van der Waals surface area contributed by atoms with Crippen LogP contribution in [-0.4, -0.2) is 71.6 Å². The number of nitrogens with one attached hydrogen (secondary N) is 2. The molecule has 5 rings (SSSR count). The van der Waals surface area contributed by atoms with E-state index in [1.165, 1.54) is 0 Å². The van der Waals surface area contributed by atoms with Gasteiger partial charge >= 0.3 is 0 Å². The van der Waals surface area contributed by atoms with E-state index in [2.05, 4.69) is 29.9 Å². The number of fused-ring (bicyclic) bond motifs is 3. The fourth-order valence-electron chi connectivity index (χ4n) is 3.76. The molecule has 1 saturated heterocycles. The van der Waals surface area contributed by atoms with Gasteiger partial charge in [-0.2, -0.15) is 0 Å². The summed E-state index contributed by atoms with van der Waals surface area (Å²) >= 11 is 1.57. The Hall–Kier alpha value is -2.95. The van der Waals surface area contributed by atoms with E-state index in [9.17, 15) is 4.79 Å². The molecule has 9 nitrogen and oxygen atoms in total. The summed E-state index contributed by atoms with van der Waals surface area (Å²) in [5.41, 5.74) is 2.68. The second-order valence-corrected chi connectivity index (χ2v) is 8.47. The van der Waals surface area contributed by atoms with Crippen LogP contribution in [0.15, 0.2) is 28.8 Å². The summed E-state index contributed by atoms with van der Waals surface area (Å²) in [7, 11) is 1.84. The molecule has 10 heteroatoms. The highest BCUT2D eigenvalue weighted by Crippen LogP contribution is 2.35. The van der Waals surface area contributed by atoms with Gasteiger partial charge in [-0.15, -0.1) is 11.3 Å². The number of hydrogen-bond acceptors (Lipinski definition) is 8. The number of aromatic nitrogens is 3. The quantitative estimate of drug-likeness (QED) is 0.476. The fraction of sp³-hybridized carbons (Fsp3) is 0.381. The molecule has 0 radical (unpaired) electrons. The third kappa shape index (κ3) is 3.78. The molecule has 0 saturated carbocycles. The van der Waals surface area contributed by atoms with Crippen LogP contribution in [0, 0.1) is 6.92 Å². The Kier molecular flexibility index (Phi) is 5.34. The molecular weight excluding hydrogens is 416 g/mol. The first-order valence-electron chi connectivity index (χ1n) is 10.3. The normalized spacial score (nSPS) is 15.0. The van der Waals surface area contributed by atoms with Crippen LogP contribution in [0.2, 0.25) is 0 Å². The lowest BCUT2D eigenvalue weighted by Crippen LogP contribution is -2.41. The van der Waals surface area contributed by atoms with Crippen LogP contribution < -0.4 is 10.6 Å². The molecule has 5 heterocycles. The number of morpholine rings is 1. The Bertz CT molecular complexity index is 1240. The average molecular weight is 441 g/mol. The predicted molar refractivity (Wildman–Crippen MR) is 120 cm³/mol. The second kappa shape index (κ2) is 8.29. The third-order valence-electron chi connectivity index (χ3n) is 5.41. The lowest BCUT2D eigenvalue weighted by atomic mass is 10.3. The largest absolute Gasteiger partial charge is 0.450 e. The van der Waals surface area contributed by atoms with Gasteiger partial charge in [-0.3, -0.25) is 14.1 Å². The van der Waals surface area contributed by atoms with Crippen LogP contribution in [0.4, 0.5) is 5.82 Å². The summed E-state index contributed by atoms with van der Waals surface area (Å²) in [6, 6.07) is 5.53. The van der Waals surface area contributed by atoms with Crippen molar-refractivity contribution in [2.45, 2.75) is 6.92 Å². The topological polar surface area (TPSA) is 96.9 Å². The van der Waals surface area contributed by atoms with E-state index in [-0.39, 0.29) is 5.91 Å². The highest BCUT2D eigenvalue weighted by atomic mass is 32.1. The maximum Gasteiger partial charge on any atom is 0.287 e. The maximum absolute atomic E-state index is 12.5. The van der Waals surface area contributed by atoms with Gasteiger partial charge < -0.3 is 19.8 Å². The van der Waals surface area contributed by atoms with Crippen LogP contribution in [0.3, 0.4) is 0 Å². The van der Waals surface area contributed by atoms with Crippen LogP contribution in [0.25, 0.3) is 26.6 Å². The van der Waals surface area contributed by atoms with E-state index < -0.39 is 0 Å². The van der Waals surface area contributed by atoms with Crippen LogP contribution in [0.1, 0.15) is 16.2 Å². The summed E-state index contributed by atoms with van der Waals surface area (Å²) in [6.07, 6.45) is 1.84. The molecule has 1 aliphatic rings. The van der Waals surface area contributed by atoms with Crippen LogP contribution >= 0.6 is 11.3 Å². The fourth-order valence-corrected chi connectivity index (χ4v) is 4.88. The Morgan fingerprint density at radius 1 is 1.29 bits per heavy atom. The molecule has 1 fully saturated rings. The van der Waals surface area contributed by atoms with Crippen molar-refractivity contribution in [3.05, 3.63) is 35.9 Å². The number of carbonyl (C=O) groups is 1. The molecule has 4 aromatic heterocycles. The number of amides is 1. The number of nitrogens with zero attached hydrogens (tertiary/aromatic N) is 4. The molecule has 31 heavy (non-hydrogen) atoms. The second-order valence-electron chi connectivity index (χ2n) is 7.44. The minimum absolute atomic E-state index is 0.205. The molecule has 162 valence electrons. The number of aryl methyl sites for hydroxylation is 1. The molecule has 2 N–H and O–H groups in total. The first kappa shape index (κ1) is 20.0. The predicted octanol–water partition coefficient (Wildman–Crippen LogP) is 2.62. The maximum atomic E-state index is 12.5. The van der Waals surface area contributed by atoms with Gasteiger partial charge in [-0.05, 0) is 25.1 Å². The van der Waals surface area contributed by atoms with Gasteiger partial charge in [-0.1, -0.05) is 0 Å². The Labute approximate surface area is 183 Å². The standard InChI is InChI=1S/C21H24N6O3S/c1-13-12-24-19-18(22-2)25-14-11-17(31-21(14)27(13)19)15-3-4-16(30-15)20(28)23-5-6-26-7-9-29-10-8-26/h3-4,11-12H,5-10H2,1-2H3,(H,22,25)(H,23,28). The molecule has 1 aliphatic heterocycles. The third-order valence-corrected chi connectivity index (χ3v) is 6.53. The van der Waals surface area contributed by atoms with Crippen molar-refractivity contribution in [3.63, 3.8) is 0 Å². The summed E-state index contributed by atoms with van der Waals surface area (Å²) in [6.45, 7) is 6.70. The van der Waals surface area contributed by atoms with Crippen molar-refractivity contribution in [1.82, 2.24) is 24.6 Å². The van der Waals surface area contributed by atoms with Crippen LogP contribution in [0.5, 0.6) is 0 Å². The van der Waals surface area contributed by atoms with Gasteiger partial charge in [0.05, 0.1) is 18.1 Å². The van der Waals surface area contributed by atoms with E-state index in [4.69, 9.17) is 9.15 Å². The van der Waals surface area contributed by atoms with Crippen molar-refractivity contribution in [2.24, 2.45) is 0 Å². The molecule has 4 aromatic rings. The van der Waals surface area contributed by atoms with E-state index in [0.717, 1.165) is 65.2 Å². The van der Waals surface area contributed by atoms with E-state index in [0.29, 0.717) is 18.1 Å². The summed E-state index contributed by atoms with van der Waals surface area (Å²) in [4.78, 5) is 25.8. The van der Waals surface area contributed by atoms with E-state index >= 15 is 0 Å². The first-order valence-corrected chi connectivity index (χ1v) is 11.1. The van der Waals surface area contributed by atoms with Crippen molar-refractivity contribution in [2.75, 3.05) is 51.8 Å². The molecule has 0 aliphatic carbocycles. The van der Waals surface area contributed by atoms with Crippen molar-refractivity contribution in [3.8, 4) is 10.6 Å². The minimum atomic E-state index is -0.205. The highest BCUT2D eigenvalue weighted by Gasteiger charge is 2.18. The zero-order valence-electron chi connectivity index (χ0n) is 17.5. The first-order chi connectivity index (χ1) is 15.1. The van der Waals surface area contributed by atoms with Crippen LogP contribution in [-0.2, 0) is 4.74 Å². The lowest BCUT2D eigenvalue weighted by molar-refractivity contribution is 0.0382. The molecule has 0 unspecified atom stereocenters. The van der Waals surface area contributed by atoms with Crippen molar-refractivity contribution in [1.29, 1.82) is 0 Å². The van der Waals surface area contributed by atoms with Crippen molar-refractivity contribution >= 4 is 39.1 Å². The molecule has 0 bridgehead atoms. The summed E-state index contributed by atoms with van der Waals surface area (Å²) in [5.74, 6) is 1.48. The Morgan fingerprint density at radius 3 is 2.94 bits per heavy atom. The van der Waals surface area contributed by atoms with Gasteiger partial charge in [0.15, 0.2) is 17.2 Å². The van der Waals surface area contributed by atoms with E-state index in [1.54, 1.807) is 17.4 Å². The Morgan fingerprint density at radius 2 is 2.13 bits per heavy atom. The van der Waals surface area contributed by atoms with Gasteiger partial charge in [0.1, 0.15) is 16.1 Å². The molecule has 1 amide bonds. The summed E-state index contributed by atoms with van der Waals surface area (Å²) in [5, 5.41) is 6.05. The minimum Gasteiger partial charge on any atom is -0.450 e. The van der Waals surface area contributed by atoms with Gasteiger partial charge in [-0.25, -0.2) is 9.97 Å². The van der Waals surface area contributed by atoms with Gasteiger partial charge in [0.2, 0.25) is 0 Å². The number of anilines is 1. The molecule has 0 aromatic carbocycles. The SMILES string of the molecule is CNc1nc2cc(-c3ccc(C(=O)NCCN4CCOCC4)o3)sc2n2c(C)cnc12. The summed E-state index contributed by atoms with van der Waals surface area (Å²) < 4.78 is 13.3. The number of rotatable bonds is 6. The number of hydrogen-bond donors (Lipinski definition) is 2. The lowest BCUT2D eigenvalue weighted by Gasteiger charge is -2.26. The van der Waals surface area contributed by atoms with Gasteiger partial charge in [0.25, 0.3) is 5.91 Å². The monoisotopic (exact) mass is 440 g/mol. The van der Waals surface area contributed by atoms with Crippen molar-refractivity contribution < 1.29 is 13.9 Å². The highest BCUT2D eigenvalue weighted by molar-refractivity contribution is 7.21. The number of furan rings is 1. The molecular formula is C21H24N6O3S. The number of imidazole rings is 1. The molecule has 0 atom stereocenters. The smallest absolute Gasteiger partial charge is 0.287 e. The average Bonchev–Trinajstić information content (AvgIpc) is 3.51. The Balaban J connectivity index is 1.35. The number of thiophene rings is 1. The number of carbonyl (C=O) groups excluding carboxylic acids is 1. The number of ether oxygens (including phenoxy) is 1. The van der Waals surface area contributed by atoms with E-state index in [1.807, 2.05) is 32.3 Å².